The average molecular weight is 597 g/mol. The van der Waals surface area contributed by atoms with Gasteiger partial charge in [0.15, 0.2) is 5.82 Å². The van der Waals surface area contributed by atoms with Crippen LogP contribution in [-0.4, -0.2) is 65.0 Å². The number of sulfonamides is 1. The summed E-state index contributed by atoms with van der Waals surface area (Å²) in [6.07, 6.45) is 5.95. The molecule has 0 radical (unpaired) electrons. The Morgan fingerprint density at radius 3 is 2.38 bits per heavy atom. The summed E-state index contributed by atoms with van der Waals surface area (Å²) in [6, 6.07) is 4.13. The third-order valence-electron chi connectivity index (χ3n) is 6.94. The van der Waals surface area contributed by atoms with E-state index in [1.165, 1.54) is 22.8 Å². The van der Waals surface area contributed by atoms with Gasteiger partial charge < -0.3 is 9.64 Å². The van der Waals surface area contributed by atoms with Crippen LogP contribution in [0.25, 0.3) is 5.69 Å². The molecule has 2 fully saturated rings. The van der Waals surface area contributed by atoms with Gasteiger partial charge >= 0.3 is 5.56 Å². The minimum atomic E-state index is -3.81. The topological polar surface area (TPSA) is 130 Å². The van der Waals surface area contributed by atoms with Crippen LogP contribution >= 0.6 is 11.6 Å². The minimum Gasteiger partial charge on any atom is -0.483 e. The summed E-state index contributed by atoms with van der Waals surface area (Å²) >= 11 is 5.96. The molecule has 214 valence electrons. The number of piperazine rings is 1. The summed E-state index contributed by atoms with van der Waals surface area (Å²) in [4.78, 5) is 19.2. The van der Waals surface area contributed by atoms with Crippen LogP contribution in [0.5, 0.6) is 5.75 Å². The molecule has 1 aliphatic heterocycles. The Bertz CT molecular complexity index is 1540. The molecule has 0 amide bonds. The molecule has 0 spiro atoms. The molecule has 0 unspecified atom stereocenters. The molecule has 1 aromatic carbocycles. The van der Waals surface area contributed by atoms with Gasteiger partial charge in [0, 0.05) is 44.0 Å². The van der Waals surface area contributed by atoms with Gasteiger partial charge in [0.05, 0.1) is 28.8 Å². The number of hydrogen-bond donors (Lipinski definition) is 2. The first kappa shape index (κ1) is 28.2. The van der Waals surface area contributed by atoms with Crippen molar-refractivity contribution in [2.24, 2.45) is 0 Å². The fraction of sp³-hybridized carbons (Fsp3) is 0.400. The first-order valence-electron chi connectivity index (χ1n) is 12.7. The number of halogens is 3. The van der Waals surface area contributed by atoms with Gasteiger partial charge in [-0.2, -0.15) is 14.1 Å². The highest BCUT2D eigenvalue weighted by atomic mass is 35.5. The van der Waals surface area contributed by atoms with E-state index >= 15 is 0 Å². The second-order valence-electron chi connectivity index (χ2n) is 9.64. The number of pyridine rings is 1. The van der Waals surface area contributed by atoms with Crippen LogP contribution in [0.15, 0.2) is 41.5 Å². The standard InChI is InChI=1S/C25H27ClF2N6O5S/c26-17-9-16(24(31-36)29-13-17)15-40(37,38)33-7-5-32(6-8-33)22-14-30-34(20-11-18(27)10-19(28)12-20)25(35)23(22)39-21-3-1-2-4-21/h9-14,21,36H,1-8,15H2,(H,29,31). The molecule has 5 rings (SSSR count). The fourth-order valence-electron chi connectivity index (χ4n) is 4.97. The predicted molar refractivity (Wildman–Crippen MR) is 144 cm³/mol. The van der Waals surface area contributed by atoms with Crippen molar-refractivity contribution in [1.29, 1.82) is 0 Å². The highest BCUT2D eigenvalue weighted by Gasteiger charge is 2.31. The molecular weight excluding hydrogens is 570 g/mol. The second kappa shape index (κ2) is 11.6. The van der Waals surface area contributed by atoms with Gasteiger partial charge in [0.25, 0.3) is 0 Å². The smallest absolute Gasteiger partial charge is 0.316 e. The lowest BCUT2D eigenvalue weighted by atomic mass is 10.2. The predicted octanol–water partition coefficient (Wildman–Crippen LogP) is 3.33. The maximum absolute atomic E-state index is 13.9. The van der Waals surface area contributed by atoms with Gasteiger partial charge in [-0.05, 0) is 43.9 Å². The van der Waals surface area contributed by atoms with E-state index in [2.05, 4.69) is 10.1 Å². The molecule has 11 nitrogen and oxygen atoms in total. The third kappa shape index (κ3) is 6.04. The second-order valence-corrected chi connectivity index (χ2v) is 12.0. The molecule has 2 aliphatic rings. The first-order valence-corrected chi connectivity index (χ1v) is 14.7. The van der Waals surface area contributed by atoms with Crippen molar-refractivity contribution in [3.8, 4) is 11.4 Å². The third-order valence-corrected chi connectivity index (χ3v) is 8.98. The van der Waals surface area contributed by atoms with Gasteiger partial charge in [-0.1, -0.05) is 11.6 Å². The van der Waals surface area contributed by atoms with Gasteiger partial charge in [0.2, 0.25) is 15.8 Å². The minimum absolute atomic E-state index is 0.00606. The number of aromatic nitrogens is 3. The molecule has 0 bridgehead atoms. The van der Waals surface area contributed by atoms with Crippen molar-refractivity contribution in [2.75, 3.05) is 36.6 Å². The number of anilines is 2. The lowest BCUT2D eigenvalue weighted by molar-refractivity contribution is 0.205. The molecule has 3 heterocycles. The summed E-state index contributed by atoms with van der Waals surface area (Å²) in [5.41, 5.74) is 1.74. The SMILES string of the molecule is O=c1c(OC2CCCC2)c(N2CCN(S(=O)(=O)Cc3cc(Cl)cnc3NO)CC2)cnn1-c1cc(F)cc(F)c1. The monoisotopic (exact) mass is 596 g/mol. The van der Waals surface area contributed by atoms with Crippen LogP contribution in [0.1, 0.15) is 31.2 Å². The summed E-state index contributed by atoms with van der Waals surface area (Å²) < 4.78 is 62.4. The van der Waals surface area contributed by atoms with E-state index in [0.29, 0.717) is 11.8 Å². The lowest BCUT2D eigenvalue weighted by Crippen LogP contribution is -2.49. The molecule has 1 saturated heterocycles. The normalized spacial score (nSPS) is 16.9. The van der Waals surface area contributed by atoms with Crippen LogP contribution in [0, 0.1) is 11.6 Å². The van der Waals surface area contributed by atoms with Gasteiger partial charge in [-0.3, -0.25) is 15.5 Å². The van der Waals surface area contributed by atoms with Gasteiger partial charge in [-0.15, -0.1) is 0 Å². The van der Waals surface area contributed by atoms with Crippen molar-refractivity contribution in [1.82, 2.24) is 19.1 Å². The average Bonchev–Trinajstić information content (AvgIpc) is 3.42. The number of benzene rings is 1. The zero-order valence-corrected chi connectivity index (χ0v) is 22.8. The Morgan fingerprint density at radius 1 is 1.05 bits per heavy atom. The summed E-state index contributed by atoms with van der Waals surface area (Å²) in [5, 5.41) is 13.7. The molecule has 0 atom stereocenters. The summed E-state index contributed by atoms with van der Waals surface area (Å²) in [5.74, 6) is -2.13. The van der Waals surface area contributed by atoms with E-state index in [-0.39, 0.29) is 60.1 Å². The number of hydrogen-bond acceptors (Lipinski definition) is 9. The Morgan fingerprint density at radius 2 is 1.73 bits per heavy atom. The van der Waals surface area contributed by atoms with Gasteiger partial charge in [-0.25, -0.2) is 22.2 Å². The van der Waals surface area contributed by atoms with Crippen molar-refractivity contribution < 1.29 is 27.1 Å². The van der Waals surface area contributed by atoms with E-state index < -0.39 is 33.0 Å². The van der Waals surface area contributed by atoms with E-state index in [9.17, 15) is 27.2 Å². The van der Waals surface area contributed by atoms with Crippen LogP contribution in [0.4, 0.5) is 20.3 Å². The molecule has 15 heteroatoms. The molecule has 40 heavy (non-hydrogen) atoms. The van der Waals surface area contributed by atoms with Gasteiger partial charge in [0.1, 0.15) is 17.3 Å². The molecule has 1 saturated carbocycles. The zero-order valence-electron chi connectivity index (χ0n) is 21.3. The van der Waals surface area contributed by atoms with Crippen molar-refractivity contribution in [2.45, 2.75) is 37.5 Å². The first-order chi connectivity index (χ1) is 19.1. The van der Waals surface area contributed by atoms with E-state index in [4.69, 9.17) is 16.3 Å². The van der Waals surface area contributed by atoms with E-state index in [1.807, 2.05) is 10.4 Å². The fourth-order valence-corrected chi connectivity index (χ4v) is 6.67. The molecule has 2 N–H and O–H groups in total. The number of nitrogens with zero attached hydrogens (tertiary/aromatic N) is 5. The van der Waals surface area contributed by atoms with Crippen LogP contribution in [0.3, 0.4) is 0 Å². The largest absolute Gasteiger partial charge is 0.483 e. The number of nitrogens with one attached hydrogen (secondary N) is 1. The molecule has 1 aliphatic carbocycles. The Labute approximate surface area is 234 Å². The molecular formula is C25H27ClF2N6O5S. The van der Waals surface area contributed by atoms with Crippen molar-refractivity contribution in [3.63, 3.8) is 0 Å². The maximum Gasteiger partial charge on any atom is 0.316 e. The van der Waals surface area contributed by atoms with Crippen LogP contribution < -0.4 is 20.7 Å². The molecule has 3 aromatic rings. The Balaban J connectivity index is 1.39. The molecule has 2 aromatic heterocycles. The van der Waals surface area contributed by atoms with Crippen molar-refractivity contribution >= 4 is 33.1 Å². The Hall–Kier alpha value is -3.33. The number of rotatable bonds is 8. The highest BCUT2D eigenvalue weighted by Crippen LogP contribution is 2.31. The summed E-state index contributed by atoms with van der Waals surface area (Å²) in [7, 11) is -3.81. The highest BCUT2D eigenvalue weighted by molar-refractivity contribution is 7.88. The van der Waals surface area contributed by atoms with Crippen LogP contribution in [-0.2, 0) is 15.8 Å². The van der Waals surface area contributed by atoms with E-state index in [1.54, 1.807) is 0 Å². The quantitative estimate of drug-likeness (QED) is 0.376. The van der Waals surface area contributed by atoms with Crippen LogP contribution in [0.2, 0.25) is 5.02 Å². The van der Waals surface area contributed by atoms with Crippen molar-refractivity contribution in [3.05, 3.63) is 69.2 Å². The maximum atomic E-state index is 13.9. The van der Waals surface area contributed by atoms with E-state index in [0.717, 1.165) is 42.5 Å². The number of ether oxygens (including phenoxy) is 1. The zero-order chi connectivity index (χ0) is 28.4. The lowest BCUT2D eigenvalue weighted by Gasteiger charge is -2.36. The Kier molecular flexibility index (Phi) is 8.21. The summed E-state index contributed by atoms with van der Waals surface area (Å²) in [6.45, 7) is 0.691.